The topological polar surface area (TPSA) is 78.2 Å². The Kier molecular flexibility index (Phi) is 6.52. The van der Waals surface area contributed by atoms with Gasteiger partial charge >= 0.3 is 6.03 Å². The summed E-state index contributed by atoms with van der Waals surface area (Å²) < 4.78 is 5.94. The molecule has 36 heavy (non-hydrogen) atoms. The second-order valence-corrected chi connectivity index (χ2v) is 9.37. The molecule has 0 fully saturated rings. The highest BCUT2D eigenvalue weighted by Crippen LogP contribution is 2.39. The fourth-order valence-corrected chi connectivity index (χ4v) is 5.06. The molecule has 7 heteroatoms. The van der Waals surface area contributed by atoms with E-state index in [9.17, 15) is 4.79 Å². The van der Waals surface area contributed by atoms with Gasteiger partial charge < -0.3 is 15.0 Å². The van der Waals surface area contributed by atoms with Gasteiger partial charge in [0.25, 0.3) is 0 Å². The molecule has 0 bridgehead atoms. The van der Waals surface area contributed by atoms with Crippen molar-refractivity contribution < 1.29 is 9.53 Å². The highest BCUT2D eigenvalue weighted by molar-refractivity contribution is 7.11. The number of amides is 2. The lowest BCUT2D eigenvalue weighted by Crippen LogP contribution is -2.44. The largest absolute Gasteiger partial charge is 0.489 e. The monoisotopic (exact) mass is 492 g/mol. The highest BCUT2D eigenvalue weighted by Gasteiger charge is 2.32. The first kappa shape index (κ1) is 23.3. The number of benzene rings is 3. The zero-order valence-corrected chi connectivity index (χ0v) is 20.8. The van der Waals surface area contributed by atoms with E-state index in [-0.39, 0.29) is 12.1 Å². The molecule has 5 rings (SSSR count). The number of ether oxygens (including phenoxy) is 1. The first-order chi connectivity index (χ1) is 17.5. The third-order valence-corrected chi connectivity index (χ3v) is 7.14. The normalized spacial score (nSPS) is 15.4. The summed E-state index contributed by atoms with van der Waals surface area (Å²) >= 11 is 1.54. The fourth-order valence-electron chi connectivity index (χ4n) is 4.11. The molecule has 1 aliphatic rings. The van der Waals surface area contributed by atoms with Crippen molar-refractivity contribution in [3.05, 3.63) is 112 Å². The number of carbonyl (C=O) groups excluding carboxylic acids is 1. The number of hydrogen-bond donors (Lipinski definition) is 1. The Morgan fingerprint density at radius 1 is 1.06 bits per heavy atom. The zero-order valence-electron chi connectivity index (χ0n) is 19.9. The third kappa shape index (κ3) is 4.72. The first-order valence-electron chi connectivity index (χ1n) is 11.5. The molecule has 2 amide bonds. The Morgan fingerprint density at radius 2 is 1.78 bits per heavy atom. The number of thiazole rings is 1. The summed E-state index contributed by atoms with van der Waals surface area (Å²) in [5.41, 5.74) is 6.26. The molecule has 0 saturated heterocycles. The quantitative estimate of drug-likeness (QED) is 0.338. The molecule has 0 spiro atoms. The molecular weight excluding hydrogens is 468 g/mol. The van der Waals surface area contributed by atoms with Gasteiger partial charge in [0.2, 0.25) is 0 Å². The van der Waals surface area contributed by atoms with Crippen molar-refractivity contribution in [1.82, 2.24) is 15.2 Å². The van der Waals surface area contributed by atoms with Crippen molar-refractivity contribution in [2.45, 2.75) is 19.6 Å². The minimum Gasteiger partial charge on any atom is -0.489 e. The van der Waals surface area contributed by atoms with E-state index in [0.717, 1.165) is 44.4 Å². The van der Waals surface area contributed by atoms with Crippen molar-refractivity contribution in [2.75, 3.05) is 7.05 Å². The van der Waals surface area contributed by atoms with E-state index in [4.69, 9.17) is 15.0 Å². The number of carbonyl (C=O) groups is 1. The number of nitrogens with one attached hydrogen (secondary N) is 1. The maximum atomic E-state index is 12.7. The fraction of sp³-hybridized carbons (Fsp3) is 0.138. The standard InChI is InChI=1S/C29H24N4O2S/c1-19-26(28-31-25(18-36-28)22-10-8-20(16-30)9-11-22)27(32-29(34)33(19)2)23-12-14-24(15-13-23)35-17-21-6-4-3-5-7-21/h3-15,18,27H,17H2,1-2H3,(H,32,34). The first-order valence-corrected chi connectivity index (χ1v) is 12.4. The maximum Gasteiger partial charge on any atom is 0.322 e. The summed E-state index contributed by atoms with van der Waals surface area (Å²) in [5.74, 6) is 0.765. The van der Waals surface area contributed by atoms with Crippen molar-refractivity contribution in [3.8, 4) is 23.1 Å². The van der Waals surface area contributed by atoms with Gasteiger partial charge in [0.05, 0.1) is 23.4 Å². The molecule has 1 aliphatic heterocycles. The maximum absolute atomic E-state index is 12.7. The van der Waals surface area contributed by atoms with Crippen molar-refractivity contribution in [1.29, 1.82) is 5.26 Å². The van der Waals surface area contributed by atoms with Crippen LogP contribution in [0.25, 0.3) is 16.8 Å². The van der Waals surface area contributed by atoms with Crippen LogP contribution in [0.1, 0.15) is 34.7 Å². The zero-order chi connectivity index (χ0) is 25.1. The molecule has 1 atom stereocenters. The molecule has 1 unspecified atom stereocenters. The Labute approximate surface area is 214 Å². The Hall–Kier alpha value is -4.41. The number of urea groups is 1. The average molecular weight is 493 g/mol. The van der Waals surface area contributed by atoms with E-state index >= 15 is 0 Å². The van der Waals surface area contributed by atoms with Gasteiger partial charge in [-0.1, -0.05) is 54.6 Å². The Bertz CT molecular complexity index is 1450. The molecule has 1 aromatic heterocycles. The second kappa shape index (κ2) is 10.1. The van der Waals surface area contributed by atoms with Crippen LogP contribution < -0.4 is 10.1 Å². The van der Waals surface area contributed by atoms with Gasteiger partial charge in [-0.2, -0.15) is 5.26 Å². The van der Waals surface area contributed by atoms with Crippen LogP contribution in [0, 0.1) is 11.3 Å². The highest BCUT2D eigenvalue weighted by atomic mass is 32.1. The molecule has 0 radical (unpaired) electrons. The molecule has 3 aromatic carbocycles. The van der Waals surface area contributed by atoms with E-state index in [1.165, 1.54) is 11.3 Å². The molecule has 2 heterocycles. The third-order valence-electron chi connectivity index (χ3n) is 6.26. The molecule has 6 nitrogen and oxygen atoms in total. The number of nitrogens with zero attached hydrogens (tertiary/aromatic N) is 3. The van der Waals surface area contributed by atoms with Crippen LogP contribution in [-0.4, -0.2) is 23.0 Å². The summed E-state index contributed by atoms with van der Waals surface area (Å²) in [6, 6.07) is 26.9. The number of nitriles is 1. The average Bonchev–Trinajstić information content (AvgIpc) is 3.41. The number of hydrogen-bond acceptors (Lipinski definition) is 5. The smallest absolute Gasteiger partial charge is 0.322 e. The lowest BCUT2D eigenvalue weighted by Gasteiger charge is -2.33. The van der Waals surface area contributed by atoms with Gasteiger partial charge in [0, 0.05) is 29.3 Å². The number of aromatic nitrogens is 1. The van der Waals surface area contributed by atoms with E-state index < -0.39 is 0 Å². The summed E-state index contributed by atoms with van der Waals surface area (Å²) in [7, 11) is 1.76. The van der Waals surface area contributed by atoms with Crippen LogP contribution in [0.4, 0.5) is 4.79 Å². The summed E-state index contributed by atoms with van der Waals surface area (Å²) in [6.45, 7) is 2.44. The molecule has 1 N–H and O–H groups in total. The van der Waals surface area contributed by atoms with Gasteiger partial charge in [-0.15, -0.1) is 11.3 Å². The van der Waals surface area contributed by atoms with Gasteiger partial charge in [0.1, 0.15) is 17.4 Å². The van der Waals surface area contributed by atoms with E-state index in [1.54, 1.807) is 24.1 Å². The van der Waals surface area contributed by atoms with Gasteiger partial charge in [-0.25, -0.2) is 9.78 Å². The van der Waals surface area contributed by atoms with Crippen LogP contribution in [0.15, 0.2) is 89.9 Å². The van der Waals surface area contributed by atoms with Crippen LogP contribution in [0.2, 0.25) is 0 Å². The predicted octanol–water partition coefficient (Wildman–Crippen LogP) is 6.39. The molecule has 0 saturated carbocycles. The minimum atomic E-state index is -0.336. The van der Waals surface area contributed by atoms with Crippen molar-refractivity contribution in [2.24, 2.45) is 0 Å². The summed E-state index contributed by atoms with van der Waals surface area (Å²) in [6.07, 6.45) is 0. The Balaban J connectivity index is 1.42. The lowest BCUT2D eigenvalue weighted by molar-refractivity contribution is 0.214. The van der Waals surface area contributed by atoms with E-state index in [1.807, 2.05) is 79.0 Å². The molecular formula is C29H24N4O2S. The number of allylic oxidation sites excluding steroid dienone is 1. The van der Waals surface area contributed by atoms with Crippen LogP contribution in [0.5, 0.6) is 5.75 Å². The van der Waals surface area contributed by atoms with E-state index in [2.05, 4.69) is 11.4 Å². The van der Waals surface area contributed by atoms with Crippen LogP contribution >= 0.6 is 11.3 Å². The summed E-state index contributed by atoms with van der Waals surface area (Å²) in [4.78, 5) is 19.2. The van der Waals surface area contributed by atoms with Crippen molar-refractivity contribution >= 4 is 22.9 Å². The lowest BCUT2D eigenvalue weighted by atomic mass is 9.95. The number of rotatable bonds is 6. The molecule has 4 aromatic rings. The predicted molar refractivity (Wildman–Crippen MR) is 141 cm³/mol. The van der Waals surface area contributed by atoms with Gasteiger partial charge in [-0.05, 0) is 42.3 Å². The van der Waals surface area contributed by atoms with Gasteiger partial charge in [0.15, 0.2) is 0 Å². The second-order valence-electron chi connectivity index (χ2n) is 8.51. The SMILES string of the molecule is CC1=C(c2nc(-c3ccc(C#N)cc3)cs2)C(c2ccc(OCc3ccccc3)cc2)NC(=O)N1C. The molecule has 0 aliphatic carbocycles. The van der Waals surface area contributed by atoms with Crippen LogP contribution in [-0.2, 0) is 6.61 Å². The minimum absolute atomic E-state index is 0.158. The van der Waals surface area contributed by atoms with Gasteiger partial charge in [-0.3, -0.25) is 0 Å². The van der Waals surface area contributed by atoms with Crippen molar-refractivity contribution in [3.63, 3.8) is 0 Å². The van der Waals surface area contributed by atoms with Crippen LogP contribution in [0.3, 0.4) is 0 Å². The summed E-state index contributed by atoms with van der Waals surface area (Å²) in [5, 5.41) is 15.0. The van der Waals surface area contributed by atoms with E-state index in [0.29, 0.717) is 12.2 Å². The molecule has 178 valence electrons. The Morgan fingerprint density at radius 3 is 2.47 bits per heavy atom.